The number of hydrogen-bond donors (Lipinski definition) is 3. The summed E-state index contributed by atoms with van der Waals surface area (Å²) in [5.41, 5.74) is 0. The van der Waals surface area contributed by atoms with Crippen molar-refractivity contribution in [1.29, 1.82) is 0 Å². The van der Waals surface area contributed by atoms with Crippen LogP contribution in [0.15, 0.2) is 0 Å². The molecule has 0 heterocycles. The van der Waals surface area contributed by atoms with Crippen LogP contribution in [0.1, 0.15) is 13.8 Å². The number of rotatable bonds is 4. The molecule has 0 saturated carbocycles. The smallest absolute Gasteiger partial charge is 0.545 e. The zero-order valence-corrected chi connectivity index (χ0v) is 9.46. The van der Waals surface area contributed by atoms with Crippen LogP contribution in [0.2, 0.25) is 0 Å². The van der Waals surface area contributed by atoms with Crippen molar-refractivity contribution in [2.24, 2.45) is 0 Å². The van der Waals surface area contributed by atoms with E-state index in [1.807, 2.05) is 0 Å². The summed E-state index contributed by atoms with van der Waals surface area (Å²) < 4.78 is 17.1. The lowest BCUT2D eigenvalue weighted by molar-refractivity contribution is -0.268. The van der Waals surface area contributed by atoms with E-state index in [0.29, 0.717) is 10.9 Å². The topological polar surface area (TPSA) is 119 Å². The van der Waals surface area contributed by atoms with Gasteiger partial charge in [-0.2, -0.15) is 4.67 Å². The number of hydrogen-bond acceptors (Lipinski definition) is 4. The molecule has 0 aliphatic rings. The van der Waals surface area contributed by atoms with Crippen LogP contribution in [0.4, 0.5) is 0 Å². The predicted octanol–water partition coefficient (Wildman–Crippen LogP) is -0.452. The molecule has 13 heavy (non-hydrogen) atoms. The zero-order chi connectivity index (χ0) is 10.7. The van der Waals surface area contributed by atoms with Gasteiger partial charge in [0.25, 0.3) is 7.82 Å². The summed E-state index contributed by atoms with van der Waals surface area (Å²) in [4.78, 5) is 36.0. The van der Waals surface area contributed by atoms with Crippen LogP contribution in [0, 0.1) is 0 Å². The molecule has 1 atom stereocenters. The van der Waals surface area contributed by atoms with E-state index in [1.54, 1.807) is 13.8 Å². The van der Waals surface area contributed by atoms with Crippen LogP contribution in [0.3, 0.4) is 0 Å². The van der Waals surface area contributed by atoms with Crippen LogP contribution in [0.5, 0.6) is 0 Å². The second-order valence-corrected chi connectivity index (χ2v) is 7.69. The summed E-state index contributed by atoms with van der Waals surface area (Å²) >= 11 is 0. The van der Waals surface area contributed by atoms with Crippen molar-refractivity contribution < 1.29 is 33.5 Å². The summed E-state index contributed by atoms with van der Waals surface area (Å²) in [5, 5.41) is -0.184. The maximum absolute atomic E-state index is 9.99. The normalized spacial score (nSPS) is 17.2. The Balaban J connectivity index is 4.28. The van der Waals surface area contributed by atoms with Gasteiger partial charge in [-0.3, -0.25) is 14.4 Å². The van der Waals surface area contributed by atoms with Crippen molar-refractivity contribution in [2.75, 3.05) is 0 Å². The first-order valence-electron chi connectivity index (χ1n) is 3.07. The lowest BCUT2D eigenvalue weighted by atomic mass is 10.6. The lowest BCUT2D eigenvalue weighted by Crippen LogP contribution is -2.04. The predicted molar refractivity (Wildman–Crippen MR) is 45.9 cm³/mol. The minimum absolute atomic E-state index is 0.184. The Kier molecular flexibility index (Phi) is 5.17. The van der Waals surface area contributed by atoms with Gasteiger partial charge in [0, 0.05) is 0 Å². The van der Waals surface area contributed by atoms with E-state index in [4.69, 9.17) is 14.7 Å². The molecule has 0 aromatic heterocycles. The zero-order valence-electron chi connectivity index (χ0n) is 6.85. The highest BCUT2D eigenvalue weighted by atomic mass is 32.5. The average Bonchev–Trinajstić information content (AvgIpc) is 1.79. The van der Waals surface area contributed by atoms with Crippen LogP contribution < -0.4 is 4.89 Å². The first-order valence-corrected chi connectivity index (χ1v) is 7.66. The Hall–Kier alpha value is 0.640. The molecule has 80 valence electrons. The summed E-state index contributed by atoms with van der Waals surface area (Å²) in [6.07, 6.45) is 0. The van der Waals surface area contributed by atoms with Gasteiger partial charge >= 0.3 is 6.72 Å². The Morgan fingerprint density at radius 2 is 1.77 bits per heavy atom. The van der Waals surface area contributed by atoms with Crippen LogP contribution >= 0.6 is 14.5 Å². The third kappa shape index (κ3) is 8.96. The lowest BCUT2D eigenvalue weighted by Gasteiger charge is -2.12. The van der Waals surface area contributed by atoms with Crippen LogP contribution in [0.25, 0.3) is 0 Å². The maximum Gasteiger partial charge on any atom is 0.545 e. The van der Waals surface area contributed by atoms with Gasteiger partial charge in [-0.25, -0.2) is 0 Å². The van der Waals surface area contributed by atoms with Gasteiger partial charge in [-0.1, -0.05) is 0 Å². The minimum atomic E-state index is -5.08. The van der Waals surface area contributed by atoms with Crippen molar-refractivity contribution in [3.8, 4) is 0 Å². The molecule has 0 aromatic carbocycles. The summed E-state index contributed by atoms with van der Waals surface area (Å²) in [5.74, 6) is 0. The third-order valence-corrected chi connectivity index (χ3v) is 4.19. The van der Waals surface area contributed by atoms with Gasteiger partial charge in [0.1, 0.15) is 0 Å². The Bertz CT molecular complexity index is 250. The fourth-order valence-corrected chi connectivity index (χ4v) is 3.64. The summed E-state index contributed by atoms with van der Waals surface area (Å²) in [6.45, 7) is -0.645. The van der Waals surface area contributed by atoms with Crippen LogP contribution in [-0.4, -0.2) is 19.9 Å². The maximum atomic E-state index is 9.99. The van der Waals surface area contributed by atoms with Crippen molar-refractivity contribution >= 4 is 25.5 Å². The SMILES string of the molecule is CC(C)[S+]=P(O)(O)OOP(=O)([O-])O. The largest absolute Gasteiger partial charge is 0.755 e. The second kappa shape index (κ2) is 4.93. The van der Waals surface area contributed by atoms with E-state index in [2.05, 4.69) is 9.35 Å². The van der Waals surface area contributed by atoms with E-state index in [9.17, 15) is 9.46 Å². The van der Waals surface area contributed by atoms with Gasteiger partial charge in [-0.15, -0.1) is 4.67 Å². The van der Waals surface area contributed by atoms with Gasteiger partial charge in [0.05, 0.1) is 0 Å². The van der Waals surface area contributed by atoms with Crippen molar-refractivity contribution in [1.82, 2.24) is 0 Å². The quantitative estimate of drug-likeness (QED) is 0.268. The monoisotopic (exact) mass is 252 g/mol. The fourth-order valence-electron chi connectivity index (χ4n) is 0.378. The first-order chi connectivity index (χ1) is 5.62. The minimum Gasteiger partial charge on any atom is -0.755 e. The molecule has 0 aromatic rings. The molecule has 1 unspecified atom stereocenters. The molecular weight excluding hydrogens is 242 g/mol. The highest BCUT2D eigenvalue weighted by Crippen LogP contribution is 2.46. The second-order valence-electron chi connectivity index (χ2n) is 2.26. The molecule has 3 N–H and O–H groups in total. The van der Waals surface area contributed by atoms with Gasteiger partial charge in [0.15, 0.2) is 5.25 Å². The first kappa shape index (κ1) is 13.6. The molecule has 0 aliphatic carbocycles. The molecule has 0 aliphatic heterocycles. The molecular formula is C3H10O7P2S. The van der Waals surface area contributed by atoms with Gasteiger partial charge in [-0.05, 0) is 13.8 Å². The van der Waals surface area contributed by atoms with Gasteiger partial charge < -0.3 is 9.79 Å². The molecule has 0 amide bonds. The molecule has 7 nitrogen and oxygen atoms in total. The Morgan fingerprint density at radius 1 is 1.31 bits per heavy atom. The van der Waals surface area contributed by atoms with E-state index in [-0.39, 0.29) is 5.25 Å². The van der Waals surface area contributed by atoms with Crippen molar-refractivity contribution in [2.45, 2.75) is 19.1 Å². The van der Waals surface area contributed by atoms with Gasteiger partial charge in [0.2, 0.25) is 10.9 Å². The van der Waals surface area contributed by atoms with Crippen molar-refractivity contribution in [3.05, 3.63) is 0 Å². The molecule has 10 heteroatoms. The van der Waals surface area contributed by atoms with E-state index >= 15 is 0 Å². The van der Waals surface area contributed by atoms with Crippen LogP contribution in [-0.2, 0) is 24.9 Å². The van der Waals surface area contributed by atoms with Crippen molar-refractivity contribution in [3.63, 3.8) is 0 Å². The Labute approximate surface area is 78.7 Å². The standard InChI is InChI=1S/C3H10O7P2S/c1-3(2)13-12(7,8)10-9-11(4,5)6/h3H,1-2H3,(H3-,4,5,6,7,8). The molecule has 0 spiro atoms. The van der Waals surface area contributed by atoms with E-state index in [0.717, 1.165) is 0 Å². The highest BCUT2D eigenvalue weighted by Gasteiger charge is 2.30. The fraction of sp³-hybridized carbons (Fsp3) is 1.00. The van der Waals surface area contributed by atoms with E-state index in [1.165, 1.54) is 0 Å². The molecule has 0 saturated heterocycles. The molecule has 0 radical (unpaired) electrons. The molecule has 0 rings (SSSR count). The van der Waals surface area contributed by atoms with E-state index < -0.39 is 14.5 Å². The molecule has 0 fully saturated rings. The summed E-state index contributed by atoms with van der Waals surface area (Å²) in [7, 11) is -4.48. The third-order valence-electron chi connectivity index (χ3n) is 0.573. The average molecular weight is 252 g/mol. The molecule has 0 bridgehead atoms. The highest BCUT2D eigenvalue weighted by molar-refractivity contribution is 8.17. The Morgan fingerprint density at radius 3 is 2.08 bits per heavy atom. The summed E-state index contributed by atoms with van der Waals surface area (Å²) in [6, 6.07) is 0. The number of phosphoric acid groups is 1.